The largest absolute Gasteiger partial charge is 0.423 e. The highest BCUT2D eigenvalue weighted by Gasteiger charge is 2.33. The van der Waals surface area contributed by atoms with Gasteiger partial charge in [0.25, 0.3) is 0 Å². The summed E-state index contributed by atoms with van der Waals surface area (Å²) in [6, 6.07) is 4.87. The van der Waals surface area contributed by atoms with E-state index < -0.39 is 17.4 Å². The van der Waals surface area contributed by atoms with Gasteiger partial charge in [-0.2, -0.15) is 13.2 Å². The average Bonchev–Trinajstić information content (AvgIpc) is 2.44. The average molecular weight is 311 g/mol. The molecule has 0 aliphatic heterocycles. The maximum Gasteiger partial charge on any atom is 0.417 e. The normalized spacial score (nSPS) is 11.6. The van der Waals surface area contributed by atoms with Crippen LogP contribution in [0.4, 0.5) is 18.9 Å². The van der Waals surface area contributed by atoms with Crippen molar-refractivity contribution in [1.29, 1.82) is 0 Å². The lowest BCUT2D eigenvalue weighted by molar-refractivity contribution is -0.136. The van der Waals surface area contributed by atoms with Gasteiger partial charge in [-0.25, -0.2) is 4.79 Å². The Labute approximate surface area is 125 Å². The van der Waals surface area contributed by atoms with Gasteiger partial charge < -0.3 is 9.32 Å². The molecule has 0 fully saturated rings. The van der Waals surface area contributed by atoms with Gasteiger partial charge in [-0.3, -0.25) is 0 Å². The fraction of sp³-hybridized carbons (Fsp3) is 0.312. The molecule has 0 unspecified atom stereocenters. The maximum absolute atomic E-state index is 13.0. The summed E-state index contributed by atoms with van der Waals surface area (Å²) in [5.41, 5.74) is -1.36. The van der Waals surface area contributed by atoms with Crippen molar-refractivity contribution in [2.24, 2.45) is 0 Å². The number of hydrogen-bond acceptors (Lipinski definition) is 3. The maximum atomic E-state index is 13.0. The van der Waals surface area contributed by atoms with Gasteiger partial charge in [0.15, 0.2) is 0 Å². The van der Waals surface area contributed by atoms with Gasteiger partial charge in [-0.1, -0.05) is 13.0 Å². The monoisotopic (exact) mass is 311 g/mol. The number of anilines is 1. The Balaban J connectivity index is 2.60. The van der Waals surface area contributed by atoms with Gasteiger partial charge in [-0.05, 0) is 18.6 Å². The van der Waals surface area contributed by atoms with Crippen LogP contribution in [-0.2, 0) is 6.18 Å². The molecule has 6 heteroatoms. The highest BCUT2D eigenvalue weighted by molar-refractivity contribution is 5.84. The fourth-order valence-electron chi connectivity index (χ4n) is 2.33. The number of halogens is 3. The minimum atomic E-state index is -4.60. The smallest absolute Gasteiger partial charge is 0.417 e. The minimum absolute atomic E-state index is 0.0671. The van der Waals surface area contributed by atoms with Crippen molar-refractivity contribution in [3.63, 3.8) is 0 Å². The van der Waals surface area contributed by atoms with E-state index in [0.717, 1.165) is 13.0 Å². The fourth-order valence-corrected chi connectivity index (χ4v) is 2.33. The molecule has 0 atom stereocenters. The van der Waals surface area contributed by atoms with E-state index in [1.165, 1.54) is 12.1 Å². The summed E-state index contributed by atoms with van der Waals surface area (Å²) in [4.78, 5) is 13.3. The molecule has 1 heterocycles. The van der Waals surface area contributed by atoms with E-state index in [-0.39, 0.29) is 11.0 Å². The molecule has 0 aliphatic rings. The molecule has 1 aromatic heterocycles. The van der Waals surface area contributed by atoms with Gasteiger partial charge in [0, 0.05) is 36.3 Å². The Bertz CT molecular complexity index is 734. The molecule has 0 saturated carbocycles. The lowest BCUT2D eigenvalue weighted by Crippen LogP contribution is -2.24. The molecular formula is C16H16F3NO2. The molecular weight excluding hydrogens is 295 g/mol. The first-order valence-corrected chi connectivity index (χ1v) is 6.87. The number of alkyl halides is 3. The quantitative estimate of drug-likeness (QED) is 0.612. The second-order valence-electron chi connectivity index (χ2n) is 4.89. The molecule has 1 aromatic carbocycles. The van der Waals surface area contributed by atoms with Gasteiger partial charge >= 0.3 is 11.8 Å². The van der Waals surface area contributed by atoms with Crippen LogP contribution < -0.4 is 10.5 Å². The Morgan fingerprint density at radius 2 is 2.05 bits per heavy atom. The standard InChI is InChI=1S/C16H16F3NO2/c1-3-7-20(8-4-2)11-5-6-12-13(16(17,18)19)10-15(21)22-14(12)9-11/h3,5-6,9-10H,1,4,7-8H2,2H3. The van der Waals surface area contributed by atoms with E-state index >= 15 is 0 Å². The summed E-state index contributed by atoms with van der Waals surface area (Å²) in [5, 5.41) is -0.120. The van der Waals surface area contributed by atoms with E-state index in [1.54, 1.807) is 12.1 Å². The van der Waals surface area contributed by atoms with Crippen LogP contribution in [0.5, 0.6) is 0 Å². The van der Waals surface area contributed by atoms with Crippen LogP contribution >= 0.6 is 0 Å². The lowest BCUT2D eigenvalue weighted by atomic mass is 10.1. The molecule has 2 aromatic rings. The van der Waals surface area contributed by atoms with Crippen molar-refractivity contribution in [2.45, 2.75) is 19.5 Å². The minimum Gasteiger partial charge on any atom is -0.423 e. The summed E-state index contributed by atoms with van der Waals surface area (Å²) in [6.45, 7) is 6.95. The molecule has 0 spiro atoms. The summed E-state index contributed by atoms with van der Waals surface area (Å²) in [5.74, 6) is 0. The van der Waals surface area contributed by atoms with Gasteiger partial charge in [0.1, 0.15) is 5.58 Å². The molecule has 0 bridgehead atoms. The third kappa shape index (κ3) is 3.32. The van der Waals surface area contributed by atoms with E-state index in [9.17, 15) is 18.0 Å². The van der Waals surface area contributed by atoms with Crippen molar-refractivity contribution in [2.75, 3.05) is 18.0 Å². The Hall–Kier alpha value is -2.24. The van der Waals surface area contributed by atoms with Gasteiger partial charge in [0.05, 0.1) is 5.56 Å². The summed E-state index contributed by atoms with van der Waals surface area (Å²) >= 11 is 0. The molecule has 3 nitrogen and oxygen atoms in total. The summed E-state index contributed by atoms with van der Waals surface area (Å²) < 4.78 is 43.9. The van der Waals surface area contributed by atoms with Gasteiger partial charge in [-0.15, -0.1) is 6.58 Å². The van der Waals surface area contributed by atoms with Crippen LogP contribution in [0.1, 0.15) is 18.9 Å². The SMILES string of the molecule is C=CCN(CCC)c1ccc2c(C(F)(F)F)cc(=O)oc2c1. The molecule has 0 aliphatic carbocycles. The van der Waals surface area contributed by atoms with Crippen LogP contribution in [0.3, 0.4) is 0 Å². The van der Waals surface area contributed by atoms with Crippen LogP contribution in [-0.4, -0.2) is 13.1 Å². The summed E-state index contributed by atoms with van der Waals surface area (Å²) in [7, 11) is 0. The van der Waals surface area contributed by atoms with E-state index in [4.69, 9.17) is 4.42 Å². The van der Waals surface area contributed by atoms with Crippen molar-refractivity contribution in [3.8, 4) is 0 Å². The van der Waals surface area contributed by atoms with Crippen molar-refractivity contribution < 1.29 is 17.6 Å². The topological polar surface area (TPSA) is 33.5 Å². The molecule has 0 saturated heterocycles. The third-order valence-electron chi connectivity index (χ3n) is 3.24. The Morgan fingerprint density at radius 1 is 1.32 bits per heavy atom. The zero-order chi connectivity index (χ0) is 16.3. The number of fused-ring (bicyclic) bond motifs is 1. The van der Waals surface area contributed by atoms with Crippen LogP contribution in [0, 0.1) is 0 Å². The highest BCUT2D eigenvalue weighted by Crippen LogP contribution is 2.35. The molecule has 22 heavy (non-hydrogen) atoms. The van der Waals surface area contributed by atoms with Crippen LogP contribution in [0.2, 0.25) is 0 Å². The Morgan fingerprint density at radius 3 is 2.64 bits per heavy atom. The first-order chi connectivity index (χ1) is 10.4. The van der Waals surface area contributed by atoms with Crippen LogP contribution in [0.25, 0.3) is 11.0 Å². The van der Waals surface area contributed by atoms with E-state index in [2.05, 4.69) is 6.58 Å². The number of nitrogens with zero attached hydrogens (tertiary/aromatic N) is 1. The number of hydrogen-bond donors (Lipinski definition) is 0. The summed E-state index contributed by atoms with van der Waals surface area (Å²) in [6.07, 6.45) is -2.01. The van der Waals surface area contributed by atoms with Crippen molar-refractivity contribution >= 4 is 16.7 Å². The highest BCUT2D eigenvalue weighted by atomic mass is 19.4. The second kappa shape index (κ2) is 6.25. The van der Waals surface area contributed by atoms with Crippen molar-refractivity contribution in [1.82, 2.24) is 0 Å². The molecule has 0 amide bonds. The molecule has 0 radical (unpaired) electrons. The number of rotatable bonds is 5. The van der Waals surface area contributed by atoms with Crippen molar-refractivity contribution in [3.05, 3.63) is 52.9 Å². The predicted octanol–water partition coefficient (Wildman–Crippen LogP) is 4.21. The third-order valence-corrected chi connectivity index (χ3v) is 3.24. The first kappa shape index (κ1) is 16.1. The predicted molar refractivity (Wildman–Crippen MR) is 80.2 cm³/mol. The second-order valence-corrected chi connectivity index (χ2v) is 4.89. The lowest BCUT2D eigenvalue weighted by Gasteiger charge is -2.23. The van der Waals surface area contributed by atoms with Gasteiger partial charge in [0.2, 0.25) is 0 Å². The number of benzene rings is 1. The zero-order valence-corrected chi connectivity index (χ0v) is 12.1. The molecule has 0 N–H and O–H groups in total. The Kier molecular flexibility index (Phi) is 4.59. The zero-order valence-electron chi connectivity index (χ0n) is 12.1. The van der Waals surface area contributed by atoms with E-state index in [0.29, 0.717) is 18.3 Å². The first-order valence-electron chi connectivity index (χ1n) is 6.87. The molecule has 2 rings (SSSR count). The van der Waals surface area contributed by atoms with E-state index in [1.807, 2.05) is 11.8 Å². The van der Waals surface area contributed by atoms with Crippen LogP contribution in [0.15, 0.2) is 46.1 Å². The molecule has 118 valence electrons.